The Hall–Kier alpha value is -2.33. The van der Waals surface area contributed by atoms with Crippen molar-refractivity contribution in [2.45, 2.75) is 0 Å². The van der Waals surface area contributed by atoms with Gasteiger partial charge in [-0.05, 0) is 17.7 Å². The normalized spacial score (nSPS) is 10.9. The summed E-state index contributed by atoms with van der Waals surface area (Å²) in [5.74, 6) is 5.04. The SMILES string of the molecule is C=Cc1ccc2c(Cl)c(F)c(-c3ccn(N)c3)nc2c1. The van der Waals surface area contributed by atoms with Crippen molar-refractivity contribution in [1.29, 1.82) is 0 Å². The first-order valence-corrected chi connectivity index (χ1v) is 6.32. The molecule has 2 heterocycles. The van der Waals surface area contributed by atoms with E-state index in [2.05, 4.69) is 11.6 Å². The Balaban J connectivity index is 2.32. The van der Waals surface area contributed by atoms with Crippen molar-refractivity contribution < 1.29 is 4.39 Å². The Bertz CT molecular complexity index is 823. The average molecular weight is 288 g/mol. The zero-order valence-corrected chi connectivity index (χ0v) is 11.2. The van der Waals surface area contributed by atoms with E-state index in [-0.39, 0.29) is 10.7 Å². The van der Waals surface area contributed by atoms with E-state index in [1.54, 1.807) is 30.6 Å². The molecule has 0 aliphatic heterocycles. The summed E-state index contributed by atoms with van der Waals surface area (Å²) in [6.07, 6.45) is 4.91. The van der Waals surface area contributed by atoms with Gasteiger partial charge in [0.1, 0.15) is 5.69 Å². The third kappa shape index (κ3) is 1.94. The van der Waals surface area contributed by atoms with Gasteiger partial charge in [0.15, 0.2) is 5.82 Å². The lowest BCUT2D eigenvalue weighted by molar-refractivity contribution is 0.629. The van der Waals surface area contributed by atoms with E-state index in [4.69, 9.17) is 17.4 Å². The molecule has 3 rings (SSSR count). The van der Waals surface area contributed by atoms with Crippen LogP contribution in [0.2, 0.25) is 5.02 Å². The molecule has 0 aliphatic carbocycles. The van der Waals surface area contributed by atoms with Crippen molar-refractivity contribution in [1.82, 2.24) is 9.66 Å². The largest absolute Gasteiger partial charge is 0.340 e. The summed E-state index contributed by atoms with van der Waals surface area (Å²) < 4.78 is 15.7. The Labute approximate surface area is 120 Å². The van der Waals surface area contributed by atoms with Gasteiger partial charge in [-0.3, -0.25) is 4.68 Å². The molecule has 0 aliphatic rings. The summed E-state index contributed by atoms with van der Waals surface area (Å²) >= 11 is 6.10. The molecular weight excluding hydrogens is 277 g/mol. The Morgan fingerprint density at radius 3 is 2.80 bits per heavy atom. The minimum Gasteiger partial charge on any atom is -0.340 e. The molecule has 2 aromatic heterocycles. The van der Waals surface area contributed by atoms with Crippen LogP contribution in [0.4, 0.5) is 4.39 Å². The van der Waals surface area contributed by atoms with Crippen LogP contribution in [0.1, 0.15) is 5.56 Å². The fourth-order valence-corrected chi connectivity index (χ4v) is 2.34. The lowest BCUT2D eigenvalue weighted by Crippen LogP contribution is -2.03. The van der Waals surface area contributed by atoms with Crippen molar-refractivity contribution in [3.8, 4) is 11.3 Å². The highest BCUT2D eigenvalue weighted by molar-refractivity contribution is 6.35. The van der Waals surface area contributed by atoms with E-state index in [9.17, 15) is 4.39 Å². The maximum atomic E-state index is 14.3. The second-order valence-electron chi connectivity index (χ2n) is 4.42. The molecule has 0 radical (unpaired) electrons. The van der Waals surface area contributed by atoms with E-state index in [1.165, 1.54) is 4.68 Å². The fourth-order valence-electron chi connectivity index (χ4n) is 2.09. The third-order valence-electron chi connectivity index (χ3n) is 3.11. The summed E-state index contributed by atoms with van der Waals surface area (Å²) in [6, 6.07) is 7.06. The molecule has 0 unspecified atom stereocenters. The molecule has 0 saturated heterocycles. The molecule has 0 spiro atoms. The Morgan fingerprint density at radius 2 is 2.15 bits per heavy atom. The number of nitrogen functional groups attached to an aromatic ring is 1. The molecule has 0 fully saturated rings. The van der Waals surface area contributed by atoms with Gasteiger partial charge in [0.2, 0.25) is 0 Å². The number of pyridine rings is 1. The van der Waals surface area contributed by atoms with Crippen LogP contribution in [0, 0.1) is 5.82 Å². The van der Waals surface area contributed by atoms with Gasteiger partial charge in [0.25, 0.3) is 0 Å². The number of benzene rings is 1. The molecule has 5 heteroatoms. The van der Waals surface area contributed by atoms with Gasteiger partial charge in [-0.1, -0.05) is 36.4 Å². The van der Waals surface area contributed by atoms with Crippen LogP contribution >= 0.6 is 11.6 Å². The molecule has 0 bridgehead atoms. The van der Waals surface area contributed by atoms with Crippen LogP contribution in [-0.4, -0.2) is 9.66 Å². The molecule has 0 amide bonds. The van der Waals surface area contributed by atoms with Crippen LogP contribution in [-0.2, 0) is 0 Å². The minimum atomic E-state index is -0.545. The molecule has 0 atom stereocenters. The third-order valence-corrected chi connectivity index (χ3v) is 3.48. The quantitative estimate of drug-likeness (QED) is 0.728. The molecule has 20 heavy (non-hydrogen) atoms. The summed E-state index contributed by atoms with van der Waals surface area (Å²) in [6.45, 7) is 3.71. The van der Waals surface area contributed by atoms with E-state index >= 15 is 0 Å². The van der Waals surface area contributed by atoms with E-state index in [0.29, 0.717) is 16.5 Å². The zero-order valence-electron chi connectivity index (χ0n) is 10.5. The zero-order chi connectivity index (χ0) is 14.3. The first-order valence-electron chi connectivity index (χ1n) is 5.95. The number of aromatic nitrogens is 2. The number of fused-ring (bicyclic) bond motifs is 1. The molecule has 3 aromatic rings. The monoisotopic (exact) mass is 287 g/mol. The second kappa shape index (κ2) is 4.65. The molecule has 3 nitrogen and oxygen atoms in total. The highest BCUT2D eigenvalue weighted by Gasteiger charge is 2.16. The van der Waals surface area contributed by atoms with Gasteiger partial charge in [-0.2, -0.15) is 0 Å². The van der Waals surface area contributed by atoms with E-state index < -0.39 is 5.82 Å². The van der Waals surface area contributed by atoms with Crippen molar-refractivity contribution in [2.24, 2.45) is 0 Å². The van der Waals surface area contributed by atoms with Gasteiger partial charge < -0.3 is 5.84 Å². The number of halogens is 2. The number of nitrogens with two attached hydrogens (primary N) is 1. The van der Waals surface area contributed by atoms with Crippen molar-refractivity contribution in [3.05, 3.63) is 59.6 Å². The van der Waals surface area contributed by atoms with Crippen molar-refractivity contribution in [3.63, 3.8) is 0 Å². The van der Waals surface area contributed by atoms with Gasteiger partial charge in [-0.15, -0.1) is 0 Å². The predicted octanol–water partition coefficient (Wildman–Crippen LogP) is 3.85. The number of hydrogen-bond acceptors (Lipinski definition) is 2. The minimum absolute atomic E-state index is 0.0605. The number of nitrogens with zero attached hydrogens (tertiary/aromatic N) is 2. The number of rotatable bonds is 2. The van der Waals surface area contributed by atoms with Crippen LogP contribution in [0.3, 0.4) is 0 Å². The molecule has 1 aromatic carbocycles. The smallest absolute Gasteiger partial charge is 0.168 e. The van der Waals surface area contributed by atoms with Gasteiger partial charge in [-0.25, -0.2) is 9.37 Å². The first-order chi connectivity index (χ1) is 9.60. The standard InChI is InChI=1S/C15H11ClFN3/c1-2-9-3-4-11-12(7-9)19-15(14(17)13(11)16)10-5-6-20(18)8-10/h2-8H,1,18H2. The lowest BCUT2D eigenvalue weighted by Gasteiger charge is -2.07. The van der Waals surface area contributed by atoms with Gasteiger partial charge >= 0.3 is 0 Å². The van der Waals surface area contributed by atoms with Crippen LogP contribution < -0.4 is 5.84 Å². The molecule has 0 saturated carbocycles. The highest BCUT2D eigenvalue weighted by atomic mass is 35.5. The Morgan fingerprint density at radius 1 is 1.35 bits per heavy atom. The topological polar surface area (TPSA) is 43.8 Å². The van der Waals surface area contributed by atoms with Gasteiger partial charge in [0.05, 0.1) is 10.5 Å². The summed E-state index contributed by atoms with van der Waals surface area (Å²) in [5.41, 5.74) is 2.29. The van der Waals surface area contributed by atoms with Crippen molar-refractivity contribution >= 4 is 28.6 Å². The Kier molecular flexibility index (Phi) is 2.95. The molecule has 100 valence electrons. The molecular formula is C15H11ClFN3. The first kappa shape index (κ1) is 12.7. The summed E-state index contributed by atoms with van der Waals surface area (Å²) in [7, 11) is 0. The average Bonchev–Trinajstić information content (AvgIpc) is 2.88. The number of hydrogen-bond donors (Lipinski definition) is 1. The van der Waals surface area contributed by atoms with E-state index in [0.717, 1.165) is 5.56 Å². The van der Waals surface area contributed by atoms with Crippen LogP contribution in [0.5, 0.6) is 0 Å². The van der Waals surface area contributed by atoms with Crippen molar-refractivity contribution in [2.75, 3.05) is 5.84 Å². The maximum absolute atomic E-state index is 14.3. The summed E-state index contributed by atoms with van der Waals surface area (Å²) in [5, 5.41) is 0.635. The van der Waals surface area contributed by atoms with E-state index in [1.807, 2.05) is 12.1 Å². The second-order valence-corrected chi connectivity index (χ2v) is 4.79. The predicted molar refractivity (Wildman–Crippen MR) is 80.4 cm³/mol. The van der Waals surface area contributed by atoms with Gasteiger partial charge in [0, 0.05) is 23.3 Å². The van der Waals surface area contributed by atoms with Crippen LogP contribution in [0.25, 0.3) is 28.2 Å². The van der Waals surface area contributed by atoms with Crippen LogP contribution in [0.15, 0.2) is 43.2 Å². The summed E-state index contributed by atoms with van der Waals surface area (Å²) in [4.78, 5) is 4.35. The highest BCUT2D eigenvalue weighted by Crippen LogP contribution is 2.32. The molecule has 2 N–H and O–H groups in total. The maximum Gasteiger partial charge on any atom is 0.168 e. The fraction of sp³-hybridized carbons (Fsp3) is 0. The lowest BCUT2D eigenvalue weighted by atomic mass is 10.1.